The summed E-state index contributed by atoms with van der Waals surface area (Å²) in [6.07, 6.45) is 4.03. The van der Waals surface area contributed by atoms with E-state index in [9.17, 15) is 0 Å². The summed E-state index contributed by atoms with van der Waals surface area (Å²) in [5.41, 5.74) is 0. The second kappa shape index (κ2) is 2.46. The fraction of sp³-hybridized carbons (Fsp3) is 0.125. The minimum atomic E-state index is 1.08. The number of thioether (sulfide) groups is 1. The quantitative estimate of drug-likeness (QED) is 0.528. The SMILES string of the molecule is C1=c2cccnc2=CSC1. The molecular weight excluding hydrogens is 142 g/mol. The lowest BCUT2D eigenvalue weighted by molar-refractivity contribution is 1.22. The van der Waals surface area contributed by atoms with E-state index in [0.717, 1.165) is 11.1 Å². The Bertz CT molecular complexity index is 308. The van der Waals surface area contributed by atoms with Crippen molar-refractivity contribution in [2.45, 2.75) is 0 Å². The molecule has 0 atom stereocenters. The highest BCUT2D eigenvalue weighted by Gasteiger charge is 1.90. The zero-order chi connectivity index (χ0) is 6.81. The van der Waals surface area contributed by atoms with Gasteiger partial charge in [-0.15, -0.1) is 11.8 Å². The molecule has 50 valence electrons. The highest BCUT2D eigenvalue weighted by molar-refractivity contribution is 8.06. The summed E-state index contributed by atoms with van der Waals surface area (Å²) in [6.45, 7) is 0. The summed E-state index contributed by atoms with van der Waals surface area (Å²) in [7, 11) is 0. The van der Waals surface area contributed by atoms with Crippen LogP contribution in [-0.4, -0.2) is 10.7 Å². The number of hydrogen-bond acceptors (Lipinski definition) is 2. The van der Waals surface area contributed by atoms with Crippen LogP contribution in [0.15, 0.2) is 18.3 Å². The van der Waals surface area contributed by atoms with Gasteiger partial charge in [0.2, 0.25) is 0 Å². The molecule has 10 heavy (non-hydrogen) atoms. The first-order valence-electron chi connectivity index (χ1n) is 3.20. The van der Waals surface area contributed by atoms with Crippen molar-refractivity contribution in [3.8, 4) is 0 Å². The molecule has 0 bridgehead atoms. The molecule has 2 heterocycles. The van der Waals surface area contributed by atoms with E-state index in [0.29, 0.717) is 0 Å². The number of aromatic nitrogens is 1. The van der Waals surface area contributed by atoms with Gasteiger partial charge >= 0.3 is 0 Å². The lowest BCUT2D eigenvalue weighted by atomic mass is 10.3. The maximum Gasteiger partial charge on any atom is 0.0762 e. The Morgan fingerprint density at radius 3 is 3.40 bits per heavy atom. The fourth-order valence-corrected chi connectivity index (χ4v) is 1.69. The van der Waals surface area contributed by atoms with E-state index in [-0.39, 0.29) is 0 Å². The van der Waals surface area contributed by atoms with Gasteiger partial charge in [0.15, 0.2) is 0 Å². The van der Waals surface area contributed by atoms with Crippen molar-refractivity contribution in [3.63, 3.8) is 0 Å². The fourth-order valence-electron chi connectivity index (χ4n) is 0.966. The van der Waals surface area contributed by atoms with Gasteiger partial charge < -0.3 is 0 Å². The summed E-state index contributed by atoms with van der Waals surface area (Å²) in [5, 5.41) is 4.48. The summed E-state index contributed by atoms with van der Waals surface area (Å²) in [4.78, 5) is 4.21. The van der Waals surface area contributed by atoms with Crippen LogP contribution in [0.4, 0.5) is 0 Å². The zero-order valence-electron chi connectivity index (χ0n) is 5.45. The van der Waals surface area contributed by atoms with Gasteiger partial charge in [-0.25, -0.2) is 0 Å². The summed E-state index contributed by atoms with van der Waals surface area (Å²) in [6, 6.07) is 4.07. The summed E-state index contributed by atoms with van der Waals surface area (Å²) >= 11 is 1.79. The van der Waals surface area contributed by atoms with Crippen molar-refractivity contribution in [1.82, 2.24) is 4.98 Å². The molecule has 0 aliphatic carbocycles. The van der Waals surface area contributed by atoms with Crippen LogP contribution in [0.2, 0.25) is 0 Å². The van der Waals surface area contributed by atoms with E-state index in [1.165, 1.54) is 5.22 Å². The lowest BCUT2D eigenvalue weighted by Gasteiger charge is -1.95. The topological polar surface area (TPSA) is 12.9 Å². The highest BCUT2D eigenvalue weighted by atomic mass is 32.2. The number of hydrogen-bond donors (Lipinski definition) is 0. The first kappa shape index (κ1) is 5.98. The molecule has 1 aliphatic rings. The standard InChI is InChI=1S/C8H7NS/c1-2-7-3-5-10-6-8(7)9-4-1/h1-4,6H,5H2. The first-order valence-corrected chi connectivity index (χ1v) is 4.25. The van der Waals surface area contributed by atoms with Crippen LogP contribution in [0, 0.1) is 0 Å². The van der Waals surface area contributed by atoms with E-state index < -0.39 is 0 Å². The van der Waals surface area contributed by atoms with Crippen LogP contribution >= 0.6 is 11.8 Å². The summed E-state index contributed by atoms with van der Waals surface area (Å²) in [5.74, 6) is 1.08. The zero-order valence-corrected chi connectivity index (χ0v) is 6.27. The Hall–Kier alpha value is -0.760. The number of rotatable bonds is 0. The van der Waals surface area contributed by atoms with Gasteiger partial charge in [-0.2, -0.15) is 0 Å². The molecular formula is C8H7NS. The molecule has 0 amide bonds. The number of pyridine rings is 1. The number of fused-ring (bicyclic) bond motifs is 1. The summed E-state index contributed by atoms with van der Waals surface area (Å²) < 4.78 is 0. The average Bonchev–Trinajstić information content (AvgIpc) is 2.05. The largest absolute Gasteiger partial charge is 0.256 e. The molecule has 0 unspecified atom stereocenters. The second-order valence-electron chi connectivity index (χ2n) is 2.13. The Balaban J connectivity index is 2.84. The van der Waals surface area contributed by atoms with Crippen LogP contribution < -0.4 is 10.6 Å². The molecule has 0 saturated heterocycles. The van der Waals surface area contributed by atoms with Gasteiger partial charge in [-0.1, -0.05) is 12.1 Å². The van der Waals surface area contributed by atoms with Gasteiger partial charge in [0.05, 0.1) is 5.35 Å². The first-order chi connectivity index (χ1) is 4.97. The minimum Gasteiger partial charge on any atom is -0.256 e. The van der Waals surface area contributed by atoms with E-state index in [1.807, 2.05) is 12.3 Å². The maximum atomic E-state index is 4.21. The van der Waals surface area contributed by atoms with E-state index in [1.54, 1.807) is 11.8 Å². The predicted molar refractivity (Wildman–Crippen MR) is 44.9 cm³/mol. The Morgan fingerprint density at radius 1 is 1.50 bits per heavy atom. The van der Waals surface area contributed by atoms with Crippen molar-refractivity contribution in [2.24, 2.45) is 0 Å². The molecule has 1 aromatic heterocycles. The van der Waals surface area contributed by atoms with E-state index in [4.69, 9.17) is 0 Å². The van der Waals surface area contributed by atoms with Crippen molar-refractivity contribution in [1.29, 1.82) is 0 Å². The van der Waals surface area contributed by atoms with Crippen molar-refractivity contribution in [2.75, 3.05) is 5.75 Å². The predicted octanol–water partition coefficient (Wildman–Crippen LogP) is 0.347. The molecule has 1 aromatic rings. The molecule has 1 aliphatic heterocycles. The third kappa shape index (κ3) is 0.948. The van der Waals surface area contributed by atoms with Gasteiger partial charge in [0.1, 0.15) is 0 Å². The second-order valence-corrected chi connectivity index (χ2v) is 3.04. The molecule has 2 rings (SSSR count). The Morgan fingerprint density at radius 2 is 2.50 bits per heavy atom. The lowest BCUT2D eigenvalue weighted by Crippen LogP contribution is -2.28. The van der Waals surface area contributed by atoms with E-state index >= 15 is 0 Å². The Kier molecular flexibility index (Phi) is 1.47. The molecule has 0 aromatic carbocycles. The molecule has 2 heteroatoms. The smallest absolute Gasteiger partial charge is 0.0762 e. The molecule has 0 N–H and O–H groups in total. The van der Waals surface area contributed by atoms with Crippen LogP contribution in [0.25, 0.3) is 11.5 Å². The van der Waals surface area contributed by atoms with Crippen molar-refractivity contribution < 1.29 is 0 Å². The monoisotopic (exact) mass is 149 g/mol. The minimum absolute atomic E-state index is 1.08. The molecule has 0 radical (unpaired) electrons. The van der Waals surface area contributed by atoms with Crippen LogP contribution in [0.3, 0.4) is 0 Å². The molecule has 0 saturated carbocycles. The third-order valence-electron chi connectivity index (χ3n) is 1.47. The van der Waals surface area contributed by atoms with Crippen molar-refractivity contribution in [3.05, 3.63) is 28.9 Å². The molecule has 0 fully saturated rings. The van der Waals surface area contributed by atoms with Gasteiger partial charge in [0.25, 0.3) is 0 Å². The third-order valence-corrected chi connectivity index (χ3v) is 2.21. The molecule has 0 spiro atoms. The van der Waals surface area contributed by atoms with Gasteiger partial charge in [-0.05, 0) is 16.7 Å². The van der Waals surface area contributed by atoms with Crippen LogP contribution in [-0.2, 0) is 0 Å². The number of nitrogens with zero attached hydrogens (tertiary/aromatic N) is 1. The molecule has 1 nitrogen and oxygen atoms in total. The normalized spacial score (nSPS) is 14.8. The van der Waals surface area contributed by atoms with E-state index in [2.05, 4.69) is 22.5 Å². The Labute approximate surface area is 63.5 Å². The average molecular weight is 149 g/mol. The van der Waals surface area contributed by atoms with Gasteiger partial charge in [0, 0.05) is 11.9 Å². The van der Waals surface area contributed by atoms with Crippen LogP contribution in [0.1, 0.15) is 0 Å². The van der Waals surface area contributed by atoms with Gasteiger partial charge in [-0.3, -0.25) is 4.98 Å². The maximum absolute atomic E-state index is 4.21. The highest BCUT2D eigenvalue weighted by Crippen LogP contribution is 2.01. The van der Waals surface area contributed by atoms with Crippen LogP contribution in [0.5, 0.6) is 0 Å². The van der Waals surface area contributed by atoms with Crippen molar-refractivity contribution >= 4 is 23.2 Å².